The molecule has 160 valence electrons. The SMILES string of the molecule is COCC(CC(=O)OC)c1ccc(N(CC2CC2)C2CCOCC2)c([N+](=O)[O-])c1. The van der Waals surface area contributed by atoms with Crippen molar-refractivity contribution >= 4 is 17.3 Å². The fraction of sp³-hybridized carbons (Fsp3) is 0.667. The number of carbonyl (C=O) groups is 1. The molecule has 1 aromatic rings. The molecule has 1 aliphatic heterocycles. The van der Waals surface area contributed by atoms with E-state index in [2.05, 4.69) is 4.90 Å². The van der Waals surface area contributed by atoms with E-state index in [1.54, 1.807) is 13.2 Å². The number of methoxy groups -OCH3 is 2. The van der Waals surface area contributed by atoms with Crippen molar-refractivity contribution in [3.05, 3.63) is 33.9 Å². The highest BCUT2D eigenvalue weighted by atomic mass is 16.6. The van der Waals surface area contributed by atoms with Crippen LogP contribution >= 0.6 is 0 Å². The Morgan fingerprint density at radius 2 is 2.00 bits per heavy atom. The number of esters is 1. The molecule has 29 heavy (non-hydrogen) atoms. The third-order valence-corrected chi connectivity index (χ3v) is 5.77. The van der Waals surface area contributed by atoms with Crippen molar-refractivity contribution in [3.63, 3.8) is 0 Å². The summed E-state index contributed by atoms with van der Waals surface area (Å²) in [6.07, 6.45) is 4.23. The van der Waals surface area contributed by atoms with Crippen molar-refractivity contribution in [1.29, 1.82) is 0 Å². The van der Waals surface area contributed by atoms with Crippen molar-refractivity contribution in [2.24, 2.45) is 5.92 Å². The Hall–Kier alpha value is -2.19. The summed E-state index contributed by atoms with van der Waals surface area (Å²) in [5.41, 5.74) is 1.46. The summed E-state index contributed by atoms with van der Waals surface area (Å²) in [6, 6.07) is 5.57. The first-order chi connectivity index (χ1) is 14.0. The predicted molar refractivity (Wildman–Crippen MR) is 108 cm³/mol. The van der Waals surface area contributed by atoms with Crippen molar-refractivity contribution in [2.75, 3.05) is 45.5 Å². The van der Waals surface area contributed by atoms with E-state index in [4.69, 9.17) is 14.2 Å². The zero-order valence-electron chi connectivity index (χ0n) is 17.2. The lowest BCUT2D eigenvalue weighted by Crippen LogP contribution is -2.41. The Bertz CT molecular complexity index is 715. The van der Waals surface area contributed by atoms with E-state index in [-0.39, 0.29) is 41.6 Å². The molecule has 2 aliphatic rings. The van der Waals surface area contributed by atoms with E-state index < -0.39 is 0 Å². The minimum Gasteiger partial charge on any atom is -0.469 e. The molecule has 3 rings (SSSR count). The van der Waals surface area contributed by atoms with Gasteiger partial charge in [0.1, 0.15) is 5.69 Å². The highest BCUT2D eigenvalue weighted by Gasteiger charge is 2.33. The van der Waals surface area contributed by atoms with Gasteiger partial charge >= 0.3 is 5.97 Å². The number of benzene rings is 1. The lowest BCUT2D eigenvalue weighted by atomic mass is 9.95. The Labute approximate surface area is 171 Å². The highest BCUT2D eigenvalue weighted by Crippen LogP contribution is 2.39. The van der Waals surface area contributed by atoms with E-state index in [0.717, 1.165) is 19.4 Å². The van der Waals surface area contributed by atoms with Gasteiger partial charge in [0, 0.05) is 44.9 Å². The third kappa shape index (κ3) is 5.67. The van der Waals surface area contributed by atoms with Crippen LogP contribution in [0.1, 0.15) is 43.6 Å². The predicted octanol–water partition coefficient (Wildman–Crippen LogP) is 3.28. The normalized spacial score (nSPS) is 18.3. The van der Waals surface area contributed by atoms with Crippen LogP contribution in [-0.4, -0.2) is 57.5 Å². The summed E-state index contributed by atoms with van der Waals surface area (Å²) >= 11 is 0. The first-order valence-corrected chi connectivity index (χ1v) is 10.2. The van der Waals surface area contributed by atoms with Crippen LogP contribution in [0.3, 0.4) is 0 Å². The van der Waals surface area contributed by atoms with Crippen molar-refractivity contribution in [1.82, 2.24) is 0 Å². The smallest absolute Gasteiger partial charge is 0.306 e. The zero-order valence-corrected chi connectivity index (χ0v) is 17.2. The molecule has 0 radical (unpaired) electrons. The number of anilines is 1. The number of hydrogen-bond acceptors (Lipinski definition) is 7. The summed E-state index contributed by atoms with van der Waals surface area (Å²) in [5, 5.41) is 12.0. The first kappa shape index (κ1) is 21.5. The second-order valence-corrected chi connectivity index (χ2v) is 7.88. The minimum absolute atomic E-state index is 0.0839. The van der Waals surface area contributed by atoms with Crippen LogP contribution in [0.25, 0.3) is 0 Å². The van der Waals surface area contributed by atoms with Crippen LogP contribution in [0.5, 0.6) is 0 Å². The number of nitrogens with zero attached hydrogens (tertiary/aromatic N) is 2. The molecular weight excluding hydrogens is 376 g/mol. The van der Waals surface area contributed by atoms with Crippen LogP contribution in [0.15, 0.2) is 18.2 Å². The molecule has 8 nitrogen and oxygen atoms in total. The molecule has 0 amide bonds. The van der Waals surface area contributed by atoms with Gasteiger partial charge in [-0.15, -0.1) is 0 Å². The third-order valence-electron chi connectivity index (χ3n) is 5.77. The van der Waals surface area contributed by atoms with Gasteiger partial charge in [0.15, 0.2) is 0 Å². The molecule has 0 N–H and O–H groups in total. The molecule has 2 fully saturated rings. The van der Waals surface area contributed by atoms with Gasteiger partial charge in [0.05, 0.1) is 25.1 Å². The monoisotopic (exact) mass is 406 g/mol. The number of hydrogen-bond donors (Lipinski definition) is 0. The average Bonchev–Trinajstić information content (AvgIpc) is 3.56. The maximum atomic E-state index is 12.0. The summed E-state index contributed by atoms with van der Waals surface area (Å²) < 4.78 is 15.5. The van der Waals surface area contributed by atoms with Crippen molar-refractivity contribution in [2.45, 2.75) is 44.1 Å². The minimum atomic E-state index is -0.364. The number of nitro groups is 1. The lowest BCUT2D eigenvalue weighted by molar-refractivity contribution is -0.384. The number of nitro benzene ring substituents is 1. The molecule has 1 aromatic carbocycles. The standard InChI is InChI=1S/C21H30N2O6/c1-27-14-17(12-21(24)28-2)16-5-6-19(20(11-16)23(25)26)22(13-15-3-4-15)18-7-9-29-10-8-18/h5-6,11,15,17-18H,3-4,7-10,12-14H2,1-2H3. The summed E-state index contributed by atoms with van der Waals surface area (Å²) in [5.74, 6) is -0.0470. The fourth-order valence-corrected chi connectivity index (χ4v) is 3.96. The van der Waals surface area contributed by atoms with Gasteiger partial charge < -0.3 is 19.1 Å². The van der Waals surface area contributed by atoms with Crippen LogP contribution in [-0.2, 0) is 19.0 Å². The molecule has 1 unspecified atom stereocenters. The summed E-state index contributed by atoms with van der Waals surface area (Å²) in [6.45, 7) is 2.51. The Balaban J connectivity index is 1.92. The second-order valence-electron chi connectivity index (χ2n) is 7.88. The molecule has 0 bridgehead atoms. The van der Waals surface area contributed by atoms with Gasteiger partial charge in [-0.05, 0) is 43.2 Å². The molecule has 1 aliphatic carbocycles. The van der Waals surface area contributed by atoms with Gasteiger partial charge in [0.25, 0.3) is 5.69 Å². The molecule has 1 saturated heterocycles. The number of ether oxygens (including phenoxy) is 3. The van der Waals surface area contributed by atoms with E-state index in [1.165, 1.54) is 20.0 Å². The zero-order chi connectivity index (χ0) is 20.8. The van der Waals surface area contributed by atoms with Crippen molar-refractivity contribution < 1.29 is 23.9 Å². The maximum Gasteiger partial charge on any atom is 0.306 e. The second kappa shape index (κ2) is 10.0. The van der Waals surface area contributed by atoms with Gasteiger partial charge in [0.2, 0.25) is 0 Å². The molecule has 1 heterocycles. The Kier molecular flexibility index (Phi) is 7.44. The van der Waals surface area contributed by atoms with Crippen LogP contribution < -0.4 is 4.90 Å². The van der Waals surface area contributed by atoms with Crippen LogP contribution in [0.4, 0.5) is 11.4 Å². The van der Waals surface area contributed by atoms with Crippen LogP contribution in [0.2, 0.25) is 0 Å². The maximum absolute atomic E-state index is 12.0. The van der Waals surface area contributed by atoms with E-state index in [9.17, 15) is 14.9 Å². The molecule has 1 saturated carbocycles. The molecule has 8 heteroatoms. The quantitative estimate of drug-likeness (QED) is 0.334. The highest BCUT2D eigenvalue weighted by molar-refractivity contribution is 5.71. The molecule has 0 spiro atoms. The van der Waals surface area contributed by atoms with Gasteiger partial charge in [-0.1, -0.05) is 6.07 Å². The van der Waals surface area contributed by atoms with Gasteiger partial charge in [-0.25, -0.2) is 0 Å². The van der Waals surface area contributed by atoms with Crippen LogP contribution in [0, 0.1) is 16.0 Å². The summed E-state index contributed by atoms with van der Waals surface area (Å²) in [4.78, 5) is 25.6. The average molecular weight is 406 g/mol. The Morgan fingerprint density at radius 3 is 2.59 bits per heavy atom. The largest absolute Gasteiger partial charge is 0.469 e. The fourth-order valence-electron chi connectivity index (χ4n) is 3.96. The first-order valence-electron chi connectivity index (χ1n) is 10.2. The van der Waals surface area contributed by atoms with E-state index >= 15 is 0 Å². The Morgan fingerprint density at radius 1 is 1.28 bits per heavy atom. The number of carbonyl (C=O) groups excluding carboxylic acids is 1. The molecule has 0 aromatic heterocycles. The molecule has 1 atom stereocenters. The van der Waals surface area contributed by atoms with Gasteiger partial charge in [-0.3, -0.25) is 14.9 Å². The van der Waals surface area contributed by atoms with Crippen molar-refractivity contribution in [3.8, 4) is 0 Å². The molecular formula is C21H30N2O6. The van der Waals surface area contributed by atoms with Gasteiger partial charge in [-0.2, -0.15) is 0 Å². The van der Waals surface area contributed by atoms with E-state index in [1.807, 2.05) is 12.1 Å². The number of rotatable bonds is 10. The lowest BCUT2D eigenvalue weighted by Gasteiger charge is -2.36. The topological polar surface area (TPSA) is 91.1 Å². The summed E-state index contributed by atoms with van der Waals surface area (Å²) in [7, 11) is 2.89. The van der Waals surface area contributed by atoms with E-state index in [0.29, 0.717) is 30.4 Å².